The molecule has 3 nitrogen and oxygen atoms in total. The van der Waals surface area contributed by atoms with Gasteiger partial charge in [0.1, 0.15) is 0 Å². The fourth-order valence-corrected chi connectivity index (χ4v) is 3.03. The molecule has 0 aromatic heterocycles. The van der Waals surface area contributed by atoms with E-state index in [-0.39, 0.29) is 5.97 Å². The van der Waals surface area contributed by atoms with Gasteiger partial charge >= 0.3 is 5.97 Å². The van der Waals surface area contributed by atoms with Crippen LogP contribution < -0.4 is 5.32 Å². The topological polar surface area (TPSA) is 38.3 Å². The van der Waals surface area contributed by atoms with Gasteiger partial charge in [-0.3, -0.25) is 0 Å². The number of piperidine rings is 1. The van der Waals surface area contributed by atoms with E-state index in [0.29, 0.717) is 11.6 Å². The highest BCUT2D eigenvalue weighted by Crippen LogP contribution is 2.31. The lowest BCUT2D eigenvalue weighted by Gasteiger charge is -2.25. The van der Waals surface area contributed by atoms with E-state index in [9.17, 15) is 4.79 Å². The molecule has 0 aliphatic carbocycles. The Kier molecular flexibility index (Phi) is 3.70. The van der Waals surface area contributed by atoms with Crippen molar-refractivity contribution in [1.82, 2.24) is 5.32 Å². The molecule has 0 spiro atoms. The summed E-state index contributed by atoms with van der Waals surface area (Å²) in [6.07, 6.45) is 3.65. The fraction of sp³-hybridized carbons (Fsp3) is 0.353. The number of hydrogen-bond acceptors (Lipinski definition) is 3. The molecule has 3 rings (SSSR count). The lowest BCUT2D eigenvalue weighted by atomic mass is 9.91. The number of fused-ring (bicyclic) bond motifs is 1. The molecule has 0 radical (unpaired) electrons. The third-order valence-electron chi connectivity index (χ3n) is 4.05. The van der Waals surface area contributed by atoms with Crippen molar-refractivity contribution in [2.24, 2.45) is 0 Å². The van der Waals surface area contributed by atoms with E-state index in [1.54, 1.807) is 0 Å². The van der Waals surface area contributed by atoms with Crippen LogP contribution in [0.15, 0.2) is 36.4 Å². The maximum Gasteiger partial charge on any atom is 0.338 e. The number of carbonyl (C=O) groups excluding carboxylic acids is 1. The lowest BCUT2D eigenvalue weighted by molar-refractivity contribution is 0.0603. The minimum Gasteiger partial charge on any atom is -0.465 e. The maximum atomic E-state index is 11.9. The van der Waals surface area contributed by atoms with Crippen LogP contribution in [0.4, 0.5) is 0 Å². The van der Waals surface area contributed by atoms with Gasteiger partial charge in [-0.05, 0) is 41.8 Å². The molecule has 104 valence electrons. The van der Waals surface area contributed by atoms with Gasteiger partial charge in [0.2, 0.25) is 0 Å². The molecule has 1 N–H and O–H groups in total. The van der Waals surface area contributed by atoms with Gasteiger partial charge in [0.05, 0.1) is 12.7 Å². The number of rotatable bonds is 2. The average molecular weight is 269 g/mol. The number of methoxy groups -OCH3 is 1. The summed E-state index contributed by atoms with van der Waals surface area (Å²) < 4.78 is 4.88. The smallest absolute Gasteiger partial charge is 0.338 e. The van der Waals surface area contributed by atoms with Crippen molar-refractivity contribution in [2.75, 3.05) is 13.7 Å². The first-order valence-electron chi connectivity index (χ1n) is 7.14. The van der Waals surface area contributed by atoms with Gasteiger partial charge in [-0.2, -0.15) is 0 Å². The van der Waals surface area contributed by atoms with E-state index in [1.165, 1.54) is 25.5 Å². The molecule has 0 amide bonds. The van der Waals surface area contributed by atoms with Crippen LogP contribution in [0, 0.1) is 0 Å². The first kappa shape index (κ1) is 13.1. The van der Waals surface area contributed by atoms with E-state index >= 15 is 0 Å². The number of hydrogen-bond donors (Lipinski definition) is 1. The Morgan fingerprint density at radius 3 is 2.65 bits per heavy atom. The molecule has 1 aliphatic heterocycles. The van der Waals surface area contributed by atoms with Crippen LogP contribution in [-0.2, 0) is 4.74 Å². The molecule has 20 heavy (non-hydrogen) atoms. The van der Waals surface area contributed by atoms with Gasteiger partial charge in [-0.25, -0.2) is 4.79 Å². The summed E-state index contributed by atoms with van der Waals surface area (Å²) >= 11 is 0. The van der Waals surface area contributed by atoms with Crippen molar-refractivity contribution in [1.29, 1.82) is 0 Å². The quantitative estimate of drug-likeness (QED) is 0.849. The number of benzene rings is 2. The van der Waals surface area contributed by atoms with Gasteiger partial charge < -0.3 is 10.1 Å². The zero-order valence-electron chi connectivity index (χ0n) is 11.7. The molecular formula is C17H19NO2. The summed E-state index contributed by atoms with van der Waals surface area (Å²) in [7, 11) is 1.42. The molecule has 1 atom stereocenters. The van der Waals surface area contributed by atoms with Crippen molar-refractivity contribution in [2.45, 2.75) is 25.3 Å². The Labute approximate surface area is 118 Å². The molecule has 1 saturated heterocycles. The molecule has 0 saturated carbocycles. The first-order chi connectivity index (χ1) is 9.81. The molecule has 2 aromatic carbocycles. The van der Waals surface area contributed by atoms with E-state index in [1.807, 2.05) is 24.3 Å². The van der Waals surface area contributed by atoms with E-state index in [4.69, 9.17) is 4.74 Å². The largest absolute Gasteiger partial charge is 0.465 e. The van der Waals surface area contributed by atoms with Crippen molar-refractivity contribution in [3.63, 3.8) is 0 Å². The molecule has 2 aromatic rings. The van der Waals surface area contributed by atoms with E-state index in [2.05, 4.69) is 17.4 Å². The van der Waals surface area contributed by atoms with Gasteiger partial charge in [-0.1, -0.05) is 36.8 Å². The number of ether oxygens (including phenoxy) is 1. The third-order valence-corrected chi connectivity index (χ3v) is 4.05. The van der Waals surface area contributed by atoms with Crippen LogP contribution in [-0.4, -0.2) is 19.6 Å². The zero-order chi connectivity index (χ0) is 13.9. The molecule has 1 heterocycles. The minimum atomic E-state index is -0.274. The van der Waals surface area contributed by atoms with E-state index in [0.717, 1.165) is 23.7 Å². The normalized spacial score (nSPS) is 18.9. The van der Waals surface area contributed by atoms with Crippen LogP contribution >= 0.6 is 0 Å². The summed E-state index contributed by atoms with van der Waals surface area (Å²) in [5.74, 6) is -0.274. The number of nitrogens with one attached hydrogen (secondary N) is 1. The standard InChI is InChI=1S/C17H19NO2/c1-20-17(19)15-10-9-14(16-8-4-5-11-18-16)12-6-2-3-7-13(12)15/h2-3,6-7,9-10,16,18H,4-5,8,11H2,1H3. The highest BCUT2D eigenvalue weighted by molar-refractivity contribution is 6.05. The van der Waals surface area contributed by atoms with Gasteiger partial charge in [0.25, 0.3) is 0 Å². The monoisotopic (exact) mass is 269 g/mol. The van der Waals surface area contributed by atoms with Crippen molar-refractivity contribution < 1.29 is 9.53 Å². The Morgan fingerprint density at radius 1 is 1.15 bits per heavy atom. The number of carbonyl (C=O) groups is 1. The second-order valence-electron chi connectivity index (χ2n) is 5.24. The van der Waals surface area contributed by atoms with Crippen LogP contribution in [0.1, 0.15) is 41.2 Å². The lowest BCUT2D eigenvalue weighted by Crippen LogP contribution is -2.27. The SMILES string of the molecule is COC(=O)c1ccc(C2CCCCN2)c2ccccc12. The second-order valence-corrected chi connectivity index (χ2v) is 5.24. The molecule has 1 unspecified atom stereocenters. The fourth-order valence-electron chi connectivity index (χ4n) is 3.03. The molecular weight excluding hydrogens is 250 g/mol. The summed E-state index contributed by atoms with van der Waals surface area (Å²) in [6, 6.07) is 12.4. The van der Waals surface area contributed by atoms with E-state index < -0.39 is 0 Å². The Bertz CT molecular complexity index is 630. The van der Waals surface area contributed by atoms with Crippen molar-refractivity contribution >= 4 is 16.7 Å². The zero-order valence-corrected chi connectivity index (χ0v) is 11.7. The van der Waals surface area contributed by atoms with Crippen LogP contribution in [0.25, 0.3) is 10.8 Å². The van der Waals surface area contributed by atoms with Crippen LogP contribution in [0.2, 0.25) is 0 Å². The summed E-state index contributed by atoms with van der Waals surface area (Å²) in [5, 5.41) is 5.70. The summed E-state index contributed by atoms with van der Waals surface area (Å²) in [4.78, 5) is 11.9. The highest BCUT2D eigenvalue weighted by Gasteiger charge is 2.19. The van der Waals surface area contributed by atoms with Gasteiger partial charge in [-0.15, -0.1) is 0 Å². The van der Waals surface area contributed by atoms with Gasteiger partial charge in [0.15, 0.2) is 0 Å². The Balaban J connectivity index is 2.13. The predicted molar refractivity (Wildman–Crippen MR) is 79.9 cm³/mol. The van der Waals surface area contributed by atoms with Gasteiger partial charge in [0, 0.05) is 6.04 Å². The molecule has 1 aliphatic rings. The average Bonchev–Trinajstić information content (AvgIpc) is 2.54. The molecule has 1 fully saturated rings. The molecule has 3 heteroatoms. The third kappa shape index (κ3) is 2.29. The molecule has 0 bridgehead atoms. The summed E-state index contributed by atoms with van der Waals surface area (Å²) in [5.41, 5.74) is 1.93. The highest BCUT2D eigenvalue weighted by atomic mass is 16.5. The number of esters is 1. The first-order valence-corrected chi connectivity index (χ1v) is 7.14. The van der Waals surface area contributed by atoms with Crippen LogP contribution in [0.5, 0.6) is 0 Å². The maximum absolute atomic E-state index is 11.9. The Morgan fingerprint density at radius 2 is 1.95 bits per heavy atom. The second kappa shape index (κ2) is 5.63. The van der Waals surface area contributed by atoms with Crippen molar-refractivity contribution in [3.05, 3.63) is 47.5 Å². The van der Waals surface area contributed by atoms with Crippen molar-refractivity contribution in [3.8, 4) is 0 Å². The van der Waals surface area contributed by atoms with Crippen LogP contribution in [0.3, 0.4) is 0 Å². The minimum absolute atomic E-state index is 0.274. The Hall–Kier alpha value is -1.87. The predicted octanol–water partition coefficient (Wildman–Crippen LogP) is 3.44. The summed E-state index contributed by atoms with van der Waals surface area (Å²) in [6.45, 7) is 1.07.